The highest BCUT2D eigenvalue weighted by atomic mass is 32.1. The largest absolute Gasteiger partial charge is 0.279 e. The van der Waals surface area contributed by atoms with E-state index >= 15 is 0 Å². The molecule has 1 atom stereocenters. The molecule has 2 rings (SSSR count). The fourth-order valence-corrected chi connectivity index (χ4v) is 1.90. The molecule has 6 heteroatoms. The highest BCUT2D eigenvalue weighted by Gasteiger charge is 2.31. The van der Waals surface area contributed by atoms with Crippen molar-refractivity contribution in [2.45, 2.75) is 20.3 Å². The summed E-state index contributed by atoms with van der Waals surface area (Å²) in [5, 5.41) is 7.94. The molecule has 1 unspecified atom stereocenters. The quantitative estimate of drug-likeness (QED) is 0.773. The van der Waals surface area contributed by atoms with Crippen LogP contribution < -0.4 is 4.90 Å². The minimum atomic E-state index is 0.0594. The average molecular weight is 238 g/mol. The third-order valence-corrected chi connectivity index (χ3v) is 3.30. The minimum absolute atomic E-state index is 0.0594. The Morgan fingerprint density at radius 3 is 2.69 bits per heavy atom. The Morgan fingerprint density at radius 1 is 1.38 bits per heavy atom. The van der Waals surface area contributed by atoms with Crippen molar-refractivity contribution in [2.24, 2.45) is 5.92 Å². The molecule has 1 aromatic heterocycles. The summed E-state index contributed by atoms with van der Waals surface area (Å²) in [6.07, 6.45) is 0.528. The third-order valence-electron chi connectivity index (χ3n) is 2.79. The summed E-state index contributed by atoms with van der Waals surface area (Å²) >= 11 is 4.21. The molecule has 0 N–H and O–H groups in total. The van der Waals surface area contributed by atoms with E-state index in [0.717, 1.165) is 11.4 Å². The number of nitrogens with zero attached hydrogens (tertiary/aromatic N) is 4. The summed E-state index contributed by atoms with van der Waals surface area (Å²) in [6.45, 7) is 4.36. The van der Waals surface area contributed by atoms with E-state index in [4.69, 9.17) is 0 Å². The zero-order chi connectivity index (χ0) is 11.7. The third kappa shape index (κ3) is 2.02. The Kier molecular flexibility index (Phi) is 3.09. The van der Waals surface area contributed by atoms with Crippen LogP contribution in [-0.4, -0.2) is 33.4 Å². The number of thiol groups is 1. The molecule has 1 fully saturated rings. The predicted molar refractivity (Wildman–Crippen MR) is 63.6 cm³/mol. The second-order valence-electron chi connectivity index (χ2n) is 4.04. The molecular weight excluding hydrogens is 224 g/mol. The molecule has 0 aliphatic carbocycles. The van der Waals surface area contributed by atoms with Gasteiger partial charge in [0.2, 0.25) is 5.91 Å². The van der Waals surface area contributed by atoms with Crippen molar-refractivity contribution in [1.29, 1.82) is 0 Å². The molecule has 16 heavy (non-hydrogen) atoms. The number of anilines is 1. The van der Waals surface area contributed by atoms with E-state index in [0.29, 0.717) is 30.6 Å². The molecule has 2 heterocycles. The SMILES string of the molecule is Cc1nnc(N2CC(CS)CC2=O)nc1C. The van der Waals surface area contributed by atoms with Gasteiger partial charge in [-0.25, -0.2) is 4.98 Å². The van der Waals surface area contributed by atoms with Gasteiger partial charge < -0.3 is 0 Å². The van der Waals surface area contributed by atoms with Crippen molar-refractivity contribution >= 4 is 24.5 Å². The van der Waals surface area contributed by atoms with Crippen molar-refractivity contribution in [2.75, 3.05) is 17.2 Å². The Labute approximate surface area is 99.7 Å². The van der Waals surface area contributed by atoms with Crippen LogP contribution in [0.25, 0.3) is 0 Å². The highest BCUT2D eigenvalue weighted by molar-refractivity contribution is 7.80. The first kappa shape index (κ1) is 11.3. The van der Waals surface area contributed by atoms with E-state index in [1.165, 1.54) is 0 Å². The maximum Gasteiger partial charge on any atom is 0.252 e. The molecule has 1 saturated heterocycles. The van der Waals surface area contributed by atoms with Crippen LogP contribution in [-0.2, 0) is 4.79 Å². The number of carbonyl (C=O) groups is 1. The van der Waals surface area contributed by atoms with Crippen LogP contribution in [0.2, 0.25) is 0 Å². The number of carbonyl (C=O) groups excluding carboxylic acids is 1. The molecule has 1 aliphatic rings. The van der Waals surface area contributed by atoms with Crippen LogP contribution >= 0.6 is 12.6 Å². The van der Waals surface area contributed by atoms with E-state index in [9.17, 15) is 4.79 Å². The molecule has 0 radical (unpaired) electrons. The van der Waals surface area contributed by atoms with Gasteiger partial charge in [0.1, 0.15) is 0 Å². The lowest BCUT2D eigenvalue weighted by Gasteiger charge is -2.13. The zero-order valence-corrected chi connectivity index (χ0v) is 10.2. The van der Waals surface area contributed by atoms with E-state index < -0.39 is 0 Å². The minimum Gasteiger partial charge on any atom is -0.279 e. The number of hydrogen-bond donors (Lipinski definition) is 1. The highest BCUT2D eigenvalue weighted by Crippen LogP contribution is 2.22. The van der Waals surface area contributed by atoms with Gasteiger partial charge in [0, 0.05) is 13.0 Å². The summed E-state index contributed by atoms with van der Waals surface area (Å²) in [6, 6.07) is 0. The lowest BCUT2D eigenvalue weighted by Crippen LogP contribution is -2.27. The Morgan fingerprint density at radius 2 is 2.12 bits per heavy atom. The van der Waals surface area contributed by atoms with Crippen molar-refractivity contribution in [3.63, 3.8) is 0 Å². The summed E-state index contributed by atoms with van der Waals surface area (Å²) in [5.41, 5.74) is 1.60. The van der Waals surface area contributed by atoms with Gasteiger partial charge in [-0.3, -0.25) is 9.69 Å². The van der Waals surface area contributed by atoms with Crippen molar-refractivity contribution in [3.05, 3.63) is 11.4 Å². The fourth-order valence-electron chi connectivity index (χ4n) is 1.66. The van der Waals surface area contributed by atoms with Crippen molar-refractivity contribution in [3.8, 4) is 0 Å². The lowest BCUT2D eigenvalue weighted by molar-refractivity contribution is -0.117. The summed E-state index contributed by atoms with van der Waals surface area (Å²) < 4.78 is 0. The summed E-state index contributed by atoms with van der Waals surface area (Å²) in [4.78, 5) is 17.6. The Hall–Kier alpha value is -1.17. The fraction of sp³-hybridized carbons (Fsp3) is 0.600. The maximum atomic E-state index is 11.7. The molecule has 0 aromatic carbocycles. The first-order chi connectivity index (χ1) is 7.61. The second-order valence-corrected chi connectivity index (χ2v) is 4.40. The molecule has 1 amide bonds. The van der Waals surface area contributed by atoms with Gasteiger partial charge in [-0.1, -0.05) is 0 Å². The number of aryl methyl sites for hydroxylation is 2. The molecule has 0 saturated carbocycles. The number of hydrogen-bond acceptors (Lipinski definition) is 5. The first-order valence-electron chi connectivity index (χ1n) is 5.21. The smallest absolute Gasteiger partial charge is 0.252 e. The standard InChI is InChI=1S/C10H14N4OS/c1-6-7(2)12-13-10(11-6)14-4-8(5-16)3-9(14)15/h8,16H,3-5H2,1-2H3. The van der Waals surface area contributed by atoms with Gasteiger partial charge in [-0.05, 0) is 25.5 Å². The van der Waals surface area contributed by atoms with Crippen LogP contribution in [0.1, 0.15) is 17.8 Å². The van der Waals surface area contributed by atoms with Gasteiger partial charge in [0.15, 0.2) is 0 Å². The monoisotopic (exact) mass is 238 g/mol. The number of rotatable bonds is 2. The van der Waals surface area contributed by atoms with Crippen LogP contribution in [0.15, 0.2) is 0 Å². The average Bonchev–Trinajstić information content (AvgIpc) is 2.64. The summed E-state index contributed by atoms with van der Waals surface area (Å²) in [5.74, 6) is 1.48. The first-order valence-corrected chi connectivity index (χ1v) is 5.84. The second kappa shape index (κ2) is 4.37. The van der Waals surface area contributed by atoms with Gasteiger partial charge >= 0.3 is 0 Å². The van der Waals surface area contributed by atoms with E-state index in [-0.39, 0.29) is 5.91 Å². The van der Waals surface area contributed by atoms with Gasteiger partial charge in [-0.2, -0.15) is 17.7 Å². The van der Waals surface area contributed by atoms with Crippen molar-refractivity contribution in [1.82, 2.24) is 15.2 Å². The molecule has 5 nitrogen and oxygen atoms in total. The predicted octanol–water partition coefficient (Wildman–Crippen LogP) is 0.771. The van der Waals surface area contributed by atoms with Crippen LogP contribution in [0.3, 0.4) is 0 Å². The van der Waals surface area contributed by atoms with Crippen LogP contribution in [0.5, 0.6) is 0 Å². The van der Waals surface area contributed by atoms with Crippen LogP contribution in [0.4, 0.5) is 5.95 Å². The van der Waals surface area contributed by atoms with Gasteiger partial charge in [0.05, 0.1) is 11.4 Å². The molecule has 0 bridgehead atoms. The van der Waals surface area contributed by atoms with E-state index in [2.05, 4.69) is 27.8 Å². The number of aromatic nitrogens is 3. The Balaban J connectivity index is 2.24. The van der Waals surface area contributed by atoms with Crippen LogP contribution in [0, 0.1) is 19.8 Å². The lowest BCUT2D eigenvalue weighted by atomic mass is 10.1. The molecule has 86 valence electrons. The van der Waals surface area contributed by atoms with E-state index in [1.807, 2.05) is 13.8 Å². The molecule has 0 spiro atoms. The molecule has 1 aromatic rings. The Bertz CT molecular complexity index is 423. The van der Waals surface area contributed by atoms with Gasteiger partial charge in [-0.15, -0.1) is 5.10 Å². The molecular formula is C10H14N4OS. The number of amides is 1. The van der Waals surface area contributed by atoms with Gasteiger partial charge in [0.25, 0.3) is 5.95 Å². The normalized spacial score (nSPS) is 20.6. The topological polar surface area (TPSA) is 59.0 Å². The van der Waals surface area contributed by atoms with Crippen molar-refractivity contribution < 1.29 is 4.79 Å². The zero-order valence-electron chi connectivity index (χ0n) is 9.34. The maximum absolute atomic E-state index is 11.7. The van der Waals surface area contributed by atoms with E-state index in [1.54, 1.807) is 4.90 Å². The molecule has 1 aliphatic heterocycles. The summed E-state index contributed by atoms with van der Waals surface area (Å²) in [7, 11) is 0.